The zero-order valence-corrected chi connectivity index (χ0v) is 12.4. The lowest BCUT2D eigenvalue weighted by Gasteiger charge is -2.14. The first kappa shape index (κ1) is 14.5. The van der Waals surface area contributed by atoms with Gasteiger partial charge in [-0.2, -0.15) is 0 Å². The highest BCUT2D eigenvalue weighted by molar-refractivity contribution is 7.91. The number of methoxy groups -OCH3 is 1. The van der Waals surface area contributed by atoms with Crippen molar-refractivity contribution in [3.05, 3.63) is 35.4 Å². The molecule has 0 bridgehead atoms. The minimum Gasteiger partial charge on any atom is -0.384 e. The number of sulfone groups is 1. The van der Waals surface area contributed by atoms with Gasteiger partial charge in [-0.05, 0) is 12.5 Å². The molecule has 3 atom stereocenters. The van der Waals surface area contributed by atoms with Crippen molar-refractivity contribution in [3.63, 3.8) is 0 Å². The van der Waals surface area contributed by atoms with E-state index in [-0.39, 0.29) is 5.92 Å². The standard InChI is InChI=1S/C14H21NO3S/c1-10-4-6-11(7-5-10)12-13(19(3,16)17)14(12,8-15)9-18-2/h4-7,12-13H,8-9,15H2,1-3H3/t12-,13-,14-/m1/s1. The van der Waals surface area contributed by atoms with Gasteiger partial charge in [0.05, 0.1) is 11.9 Å². The molecule has 0 aliphatic heterocycles. The quantitative estimate of drug-likeness (QED) is 0.878. The lowest BCUT2D eigenvalue weighted by Crippen LogP contribution is -2.28. The van der Waals surface area contributed by atoms with E-state index in [4.69, 9.17) is 10.5 Å². The zero-order valence-electron chi connectivity index (χ0n) is 11.6. The van der Waals surface area contributed by atoms with Gasteiger partial charge in [0.1, 0.15) is 0 Å². The third-order valence-electron chi connectivity index (χ3n) is 4.07. The van der Waals surface area contributed by atoms with Gasteiger partial charge in [-0.1, -0.05) is 29.8 Å². The maximum absolute atomic E-state index is 12.0. The zero-order chi connectivity index (χ0) is 14.3. The molecule has 1 saturated carbocycles. The summed E-state index contributed by atoms with van der Waals surface area (Å²) in [6.07, 6.45) is 1.28. The third-order valence-corrected chi connectivity index (χ3v) is 5.73. The lowest BCUT2D eigenvalue weighted by molar-refractivity contribution is 0.142. The highest BCUT2D eigenvalue weighted by Crippen LogP contribution is 2.62. The maximum atomic E-state index is 12.0. The molecule has 1 aliphatic rings. The van der Waals surface area contributed by atoms with Gasteiger partial charge in [-0.15, -0.1) is 0 Å². The fraction of sp³-hybridized carbons (Fsp3) is 0.571. The van der Waals surface area contributed by atoms with Crippen LogP contribution in [0.25, 0.3) is 0 Å². The molecule has 2 rings (SSSR count). The molecule has 1 aromatic carbocycles. The summed E-state index contributed by atoms with van der Waals surface area (Å²) in [6.45, 7) is 2.70. The molecule has 2 N–H and O–H groups in total. The minimum absolute atomic E-state index is 0.0620. The molecule has 5 heteroatoms. The normalized spacial score (nSPS) is 30.3. The summed E-state index contributed by atoms with van der Waals surface area (Å²) >= 11 is 0. The van der Waals surface area contributed by atoms with Crippen LogP contribution in [0.1, 0.15) is 17.0 Å². The molecule has 1 aromatic rings. The summed E-state index contributed by atoms with van der Waals surface area (Å²) in [5, 5.41) is -0.437. The van der Waals surface area contributed by atoms with Crippen LogP contribution < -0.4 is 5.73 Å². The Morgan fingerprint density at radius 3 is 2.32 bits per heavy atom. The number of hydrogen-bond acceptors (Lipinski definition) is 4. The second-order valence-corrected chi connectivity index (χ2v) is 7.68. The molecule has 0 amide bonds. The summed E-state index contributed by atoms with van der Waals surface area (Å²) in [5.74, 6) is -0.0620. The van der Waals surface area contributed by atoms with Crippen molar-refractivity contribution < 1.29 is 13.2 Å². The number of aryl methyl sites for hydroxylation is 1. The SMILES string of the molecule is COC[C@]1(CN)[C@H](c2ccc(C)cc2)[C@H]1S(C)(=O)=O. The number of ether oxygens (including phenoxy) is 1. The van der Waals surface area contributed by atoms with Crippen molar-refractivity contribution in [2.45, 2.75) is 18.1 Å². The van der Waals surface area contributed by atoms with Gasteiger partial charge in [-0.25, -0.2) is 8.42 Å². The van der Waals surface area contributed by atoms with E-state index in [2.05, 4.69) is 0 Å². The molecule has 0 heterocycles. The summed E-state index contributed by atoms with van der Waals surface area (Å²) in [7, 11) is -1.55. The van der Waals surface area contributed by atoms with Gasteiger partial charge in [-0.3, -0.25) is 0 Å². The first-order valence-electron chi connectivity index (χ1n) is 6.31. The molecule has 19 heavy (non-hydrogen) atoms. The van der Waals surface area contributed by atoms with Crippen molar-refractivity contribution in [1.82, 2.24) is 0 Å². The lowest BCUT2D eigenvalue weighted by atomic mass is 9.99. The fourth-order valence-electron chi connectivity index (χ4n) is 3.15. The summed E-state index contributed by atoms with van der Waals surface area (Å²) in [6, 6.07) is 7.98. The number of rotatable bonds is 5. The third kappa shape index (κ3) is 2.42. The Morgan fingerprint density at radius 1 is 1.32 bits per heavy atom. The molecule has 0 saturated heterocycles. The smallest absolute Gasteiger partial charge is 0.151 e. The van der Waals surface area contributed by atoms with Crippen LogP contribution in [0.15, 0.2) is 24.3 Å². The Balaban J connectivity index is 2.40. The summed E-state index contributed by atoms with van der Waals surface area (Å²) in [4.78, 5) is 0. The van der Waals surface area contributed by atoms with Crippen LogP contribution >= 0.6 is 0 Å². The second kappa shape index (κ2) is 4.89. The molecule has 1 fully saturated rings. The Morgan fingerprint density at radius 2 is 1.89 bits per heavy atom. The van der Waals surface area contributed by atoms with E-state index in [1.807, 2.05) is 31.2 Å². The van der Waals surface area contributed by atoms with Gasteiger partial charge in [0.2, 0.25) is 0 Å². The van der Waals surface area contributed by atoms with Gasteiger partial charge >= 0.3 is 0 Å². The molecule has 106 valence electrons. The average molecular weight is 283 g/mol. The number of hydrogen-bond donors (Lipinski definition) is 1. The van der Waals surface area contributed by atoms with E-state index < -0.39 is 20.5 Å². The fourth-order valence-corrected chi connectivity index (χ4v) is 5.16. The van der Waals surface area contributed by atoms with Crippen LogP contribution in [0.4, 0.5) is 0 Å². The molecule has 0 radical (unpaired) electrons. The average Bonchev–Trinajstić information content (AvgIpc) is 3.00. The van der Waals surface area contributed by atoms with Crippen LogP contribution in [0, 0.1) is 12.3 Å². The Hall–Kier alpha value is -0.910. The first-order valence-corrected chi connectivity index (χ1v) is 8.26. The molecule has 0 aromatic heterocycles. The molecular weight excluding hydrogens is 262 g/mol. The summed E-state index contributed by atoms with van der Waals surface area (Å²) < 4.78 is 29.2. The van der Waals surface area contributed by atoms with Gasteiger partial charge < -0.3 is 10.5 Å². The van der Waals surface area contributed by atoms with E-state index in [0.717, 1.165) is 11.1 Å². The molecule has 0 spiro atoms. The van der Waals surface area contributed by atoms with E-state index in [1.165, 1.54) is 6.26 Å². The number of nitrogens with two attached hydrogens (primary N) is 1. The Bertz CT molecular complexity index is 553. The van der Waals surface area contributed by atoms with E-state index in [1.54, 1.807) is 7.11 Å². The van der Waals surface area contributed by atoms with Crippen LogP contribution in [0.2, 0.25) is 0 Å². The first-order chi connectivity index (χ1) is 8.86. The van der Waals surface area contributed by atoms with Crippen molar-refractivity contribution in [1.29, 1.82) is 0 Å². The predicted octanol–water partition coefficient (Wildman–Crippen LogP) is 1.10. The van der Waals surface area contributed by atoms with Crippen LogP contribution in [-0.2, 0) is 14.6 Å². The van der Waals surface area contributed by atoms with Gasteiger partial charge in [0, 0.05) is 31.2 Å². The van der Waals surface area contributed by atoms with Crippen LogP contribution in [0.5, 0.6) is 0 Å². The number of benzene rings is 1. The predicted molar refractivity (Wildman–Crippen MR) is 75.9 cm³/mol. The van der Waals surface area contributed by atoms with E-state index >= 15 is 0 Å². The van der Waals surface area contributed by atoms with Crippen molar-refractivity contribution in [2.75, 3.05) is 26.5 Å². The van der Waals surface area contributed by atoms with Crippen molar-refractivity contribution >= 4 is 9.84 Å². The highest BCUT2D eigenvalue weighted by atomic mass is 32.2. The van der Waals surface area contributed by atoms with Crippen LogP contribution in [-0.4, -0.2) is 40.2 Å². The second-order valence-electron chi connectivity index (χ2n) is 5.51. The topological polar surface area (TPSA) is 69.4 Å². The van der Waals surface area contributed by atoms with Gasteiger partial charge in [0.25, 0.3) is 0 Å². The molecular formula is C14H21NO3S. The van der Waals surface area contributed by atoms with Gasteiger partial charge in [0.15, 0.2) is 9.84 Å². The minimum atomic E-state index is -3.14. The molecule has 1 aliphatic carbocycles. The van der Waals surface area contributed by atoms with Crippen LogP contribution in [0.3, 0.4) is 0 Å². The summed E-state index contributed by atoms with van der Waals surface area (Å²) in [5.41, 5.74) is 7.57. The van der Waals surface area contributed by atoms with Crippen molar-refractivity contribution in [2.24, 2.45) is 11.1 Å². The highest BCUT2D eigenvalue weighted by Gasteiger charge is 2.69. The largest absolute Gasteiger partial charge is 0.384 e. The van der Waals surface area contributed by atoms with E-state index in [9.17, 15) is 8.42 Å². The Labute approximate surface area is 114 Å². The molecule has 4 nitrogen and oxygen atoms in total. The van der Waals surface area contributed by atoms with Crippen molar-refractivity contribution in [3.8, 4) is 0 Å². The Kier molecular flexibility index (Phi) is 3.73. The van der Waals surface area contributed by atoms with E-state index in [0.29, 0.717) is 13.2 Å². The maximum Gasteiger partial charge on any atom is 0.151 e. The molecule has 0 unspecified atom stereocenters. The monoisotopic (exact) mass is 283 g/mol.